The fourth-order valence-corrected chi connectivity index (χ4v) is 6.64. The van der Waals surface area contributed by atoms with Crippen molar-refractivity contribution in [3.05, 3.63) is 95.2 Å². The molecule has 4 heterocycles. The van der Waals surface area contributed by atoms with E-state index < -0.39 is 8.07 Å². The first kappa shape index (κ1) is 29.8. The van der Waals surface area contributed by atoms with Crippen LogP contribution in [0.3, 0.4) is 0 Å². The number of aromatic nitrogens is 7. The van der Waals surface area contributed by atoms with Crippen LogP contribution >= 0.6 is 0 Å². The molecule has 0 fully saturated rings. The highest BCUT2D eigenvalue weighted by Gasteiger charge is 2.25. The maximum atomic E-state index is 14.6. The Morgan fingerprint density at radius 1 is 0.935 bits per heavy atom. The van der Waals surface area contributed by atoms with Crippen LogP contribution in [-0.4, -0.2) is 49.0 Å². The number of hydrogen-bond donors (Lipinski definition) is 2. The molecule has 11 heteroatoms. The molecular formula is C35H38N8O2Si. The van der Waals surface area contributed by atoms with Gasteiger partial charge in [-0.3, -0.25) is 14.8 Å². The number of hydrogen-bond acceptors (Lipinski definition) is 7. The fraction of sp³-hybridized carbons (Fsp3) is 0.286. The molecule has 7 rings (SSSR count). The molecule has 10 nitrogen and oxygen atoms in total. The number of anilines is 2. The SMILES string of the molecule is C[Si](C)(C)CCOCn1ccc(Nc2[nH]c3c(C4=CCCCC4)c(-c4ccccc4)nn3c(=O)c2-c2ccc3nccnc3c2)n1. The second kappa shape index (κ2) is 12.5. The van der Waals surface area contributed by atoms with Gasteiger partial charge >= 0.3 is 0 Å². The van der Waals surface area contributed by atoms with Gasteiger partial charge < -0.3 is 15.0 Å². The van der Waals surface area contributed by atoms with Gasteiger partial charge in [-0.15, -0.1) is 0 Å². The number of nitrogens with one attached hydrogen (secondary N) is 2. The summed E-state index contributed by atoms with van der Waals surface area (Å²) in [6.07, 6.45) is 11.7. The van der Waals surface area contributed by atoms with Crippen LogP contribution in [0.2, 0.25) is 25.7 Å². The average Bonchev–Trinajstić information content (AvgIpc) is 3.68. The zero-order chi connectivity index (χ0) is 31.7. The predicted octanol–water partition coefficient (Wildman–Crippen LogP) is 7.51. The van der Waals surface area contributed by atoms with Crippen molar-refractivity contribution in [3.8, 4) is 22.4 Å². The molecule has 234 valence electrons. The molecule has 46 heavy (non-hydrogen) atoms. The standard InChI is InChI=1S/C35H38N8O2Si/c1-46(2,3)21-20-45-23-42-19-16-29(40-42)38-33-31(26-14-15-27-28(22-26)37-18-17-36-27)35(44)43-34(39-33)30(24-10-6-4-7-11-24)32(41-43)25-12-8-5-9-13-25/h5,8-10,12-19,22,39H,4,6-7,11,20-21,23H2,1-3H3,(H,38,40). The Morgan fingerprint density at radius 2 is 1.76 bits per heavy atom. The number of ether oxygens (including phenoxy) is 1. The summed E-state index contributed by atoms with van der Waals surface area (Å²) >= 11 is 0. The molecule has 0 spiro atoms. The first-order chi connectivity index (χ1) is 22.3. The lowest BCUT2D eigenvalue weighted by Gasteiger charge is -2.15. The van der Waals surface area contributed by atoms with Crippen molar-refractivity contribution in [2.75, 3.05) is 11.9 Å². The number of allylic oxidation sites excluding steroid dienone is 2. The van der Waals surface area contributed by atoms with Crippen LogP contribution in [0.1, 0.15) is 31.2 Å². The van der Waals surface area contributed by atoms with Crippen LogP contribution in [-0.2, 0) is 11.5 Å². The van der Waals surface area contributed by atoms with E-state index in [1.165, 1.54) is 10.1 Å². The van der Waals surface area contributed by atoms with E-state index in [1.54, 1.807) is 17.1 Å². The molecule has 1 aliphatic carbocycles. The summed E-state index contributed by atoms with van der Waals surface area (Å²) in [7, 11) is -1.18. The van der Waals surface area contributed by atoms with Crippen molar-refractivity contribution in [1.29, 1.82) is 0 Å². The first-order valence-corrected chi connectivity index (χ1v) is 19.6. The number of H-pyrrole nitrogens is 1. The molecular weight excluding hydrogens is 593 g/mol. The normalized spacial score (nSPS) is 13.8. The Bertz CT molecular complexity index is 2110. The lowest BCUT2D eigenvalue weighted by Crippen LogP contribution is -2.22. The zero-order valence-electron chi connectivity index (χ0n) is 26.5. The first-order valence-electron chi connectivity index (χ1n) is 15.9. The minimum absolute atomic E-state index is 0.242. The molecule has 0 unspecified atom stereocenters. The van der Waals surface area contributed by atoms with E-state index in [0.29, 0.717) is 47.3 Å². The van der Waals surface area contributed by atoms with Gasteiger partial charge in [-0.1, -0.05) is 62.1 Å². The number of fused-ring (bicyclic) bond motifs is 2. The lowest BCUT2D eigenvalue weighted by atomic mass is 9.92. The van der Waals surface area contributed by atoms with E-state index >= 15 is 0 Å². The van der Waals surface area contributed by atoms with Gasteiger partial charge in [0.2, 0.25) is 0 Å². The van der Waals surface area contributed by atoms with Gasteiger partial charge in [0.25, 0.3) is 5.56 Å². The van der Waals surface area contributed by atoms with Crippen molar-refractivity contribution in [2.45, 2.75) is 58.1 Å². The molecule has 0 saturated carbocycles. The van der Waals surface area contributed by atoms with Gasteiger partial charge in [0.1, 0.15) is 23.9 Å². The van der Waals surface area contributed by atoms with Crippen molar-refractivity contribution in [2.24, 2.45) is 0 Å². The number of aromatic amines is 1. The summed E-state index contributed by atoms with van der Waals surface area (Å²) in [5, 5.41) is 13.1. The molecule has 0 atom stereocenters. The van der Waals surface area contributed by atoms with E-state index in [0.717, 1.165) is 54.1 Å². The van der Waals surface area contributed by atoms with Crippen molar-refractivity contribution < 1.29 is 4.74 Å². The Hall–Kier alpha value is -4.87. The maximum absolute atomic E-state index is 14.6. The number of rotatable bonds is 10. The van der Waals surface area contributed by atoms with Crippen LogP contribution in [0.25, 0.3) is 44.6 Å². The van der Waals surface area contributed by atoms with Gasteiger partial charge in [-0.25, -0.2) is 4.68 Å². The summed E-state index contributed by atoms with van der Waals surface area (Å²) in [5.74, 6) is 1.12. The van der Waals surface area contributed by atoms with Crippen molar-refractivity contribution >= 4 is 42.0 Å². The molecule has 0 saturated heterocycles. The van der Waals surface area contributed by atoms with Crippen LogP contribution < -0.4 is 10.9 Å². The third-order valence-corrected chi connectivity index (χ3v) is 10.0. The Kier molecular flexibility index (Phi) is 8.10. The second-order valence-electron chi connectivity index (χ2n) is 13.0. The number of benzene rings is 2. The minimum Gasteiger partial charge on any atom is -0.360 e. The van der Waals surface area contributed by atoms with Gasteiger partial charge in [0.15, 0.2) is 5.82 Å². The molecule has 2 N–H and O–H groups in total. The zero-order valence-corrected chi connectivity index (χ0v) is 27.5. The van der Waals surface area contributed by atoms with Gasteiger partial charge in [-0.05, 0) is 55.0 Å². The Balaban J connectivity index is 1.36. The van der Waals surface area contributed by atoms with E-state index in [4.69, 9.17) is 14.9 Å². The summed E-state index contributed by atoms with van der Waals surface area (Å²) in [4.78, 5) is 27.1. The highest BCUT2D eigenvalue weighted by atomic mass is 28.3. The molecule has 1 aliphatic rings. The van der Waals surface area contributed by atoms with Crippen LogP contribution in [0.4, 0.5) is 11.6 Å². The topological polar surface area (TPSA) is 115 Å². The fourth-order valence-electron chi connectivity index (χ4n) is 5.89. The second-order valence-corrected chi connectivity index (χ2v) is 18.6. The van der Waals surface area contributed by atoms with E-state index in [2.05, 4.69) is 46.0 Å². The summed E-state index contributed by atoms with van der Waals surface area (Å²) in [5.41, 5.74) is 6.91. The summed E-state index contributed by atoms with van der Waals surface area (Å²) in [6, 6.07) is 18.7. The minimum atomic E-state index is -1.18. The lowest BCUT2D eigenvalue weighted by molar-refractivity contribution is 0.0788. The molecule has 0 radical (unpaired) electrons. The summed E-state index contributed by atoms with van der Waals surface area (Å²) in [6.45, 7) is 8.08. The average molecular weight is 631 g/mol. The third-order valence-electron chi connectivity index (χ3n) is 8.32. The van der Waals surface area contributed by atoms with E-state index in [1.807, 2.05) is 60.8 Å². The van der Waals surface area contributed by atoms with Crippen LogP contribution in [0, 0.1) is 0 Å². The highest BCUT2D eigenvalue weighted by molar-refractivity contribution is 6.76. The monoisotopic (exact) mass is 630 g/mol. The van der Waals surface area contributed by atoms with Gasteiger partial charge in [0.05, 0.1) is 16.6 Å². The van der Waals surface area contributed by atoms with Gasteiger partial charge in [-0.2, -0.15) is 14.7 Å². The van der Waals surface area contributed by atoms with Crippen molar-refractivity contribution in [3.63, 3.8) is 0 Å². The highest BCUT2D eigenvalue weighted by Crippen LogP contribution is 2.37. The predicted molar refractivity (Wildman–Crippen MR) is 186 cm³/mol. The molecule has 4 aromatic heterocycles. The summed E-state index contributed by atoms with van der Waals surface area (Å²) < 4.78 is 9.19. The maximum Gasteiger partial charge on any atom is 0.284 e. The Labute approximate surface area is 268 Å². The Morgan fingerprint density at radius 3 is 2.54 bits per heavy atom. The third kappa shape index (κ3) is 6.16. The van der Waals surface area contributed by atoms with E-state index in [-0.39, 0.29) is 5.56 Å². The van der Waals surface area contributed by atoms with Crippen molar-refractivity contribution in [1.82, 2.24) is 34.3 Å². The van der Waals surface area contributed by atoms with E-state index in [9.17, 15) is 4.79 Å². The molecule has 2 aromatic carbocycles. The largest absolute Gasteiger partial charge is 0.360 e. The quantitative estimate of drug-likeness (QED) is 0.119. The van der Waals surface area contributed by atoms with Gasteiger partial charge in [0, 0.05) is 50.5 Å². The molecule has 6 aromatic rings. The van der Waals surface area contributed by atoms with Crippen LogP contribution in [0.5, 0.6) is 0 Å². The molecule has 0 bridgehead atoms. The molecule has 0 aliphatic heterocycles. The molecule has 0 amide bonds. The smallest absolute Gasteiger partial charge is 0.284 e. The number of nitrogens with zero attached hydrogens (tertiary/aromatic N) is 6. The van der Waals surface area contributed by atoms with Crippen LogP contribution in [0.15, 0.2) is 84.1 Å².